The van der Waals surface area contributed by atoms with E-state index in [1.54, 1.807) is 6.20 Å². The molecule has 6 heteroatoms. The Morgan fingerprint density at radius 2 is 1.62 bits per heavy atom. The Bertz CT molecular complexity index is 1360. The van der Waals surface area contributed by atoms with Crippen molar-refractivity contribution < 1.29 is 4.74 Å². The number of rotatable bonds is 7. The van der Waals surface area contributed by atoms with Crippen LogP contribution in [0.2, 0.25) is 5.15 Å². The summed E-state index contributed by atoms with van der Waals surface area (Å²) in [5, 5.41) is 8.78. The van der Waals surface area contributed by atoms with E-state index in [9.17, 15) is 0 Å². The molecule has 0 unspecified atom stereocenters. The second-order valence-electron chi connectivity index (χ2n) is 8.36. The van der Waals surface area contributed by atoms with E-state index in [1.807, 2.05) is 61.5 Å². The smallest absolute Gasteiger partial charge is 0.138 e. The van der Waals surface area contributed by atoms with Crippen LogP contribution in [0.25, 0.3) is 22.0 Å². The van der Waals surface area contributed by atoms with Gasteiger partial charge in [0.1, 0.15) is 17.5 Å². The van der Waals surface area contributed by atoms with E-state index < -0.39 is 0 Å². The molecular weight excluding hydrogens is 444 g/mol. The lowest BCUT2D eigenvalue weighted by molar-refractivity contribution is 0.277. The maximum absolute atomic E-state index is 6.69. The molecule has 2 aromatic heterocycles. The zero-order valence-electron chi connectivity index (χ0n) is 18.8. The molecule has 0 aliphatic rings. The van der Waals surface area contributed by atoms with Crippen molar-refractivity contribution in [2.24, 2.45) is 5.73 Å². The molecule has 5 aromatic rings. The van der Waals surface area contributed by atoms with Gasteiger partial charge in [-0.1, -0.05) is 78.3 Å². The zero-order valence-corrected chi connectivity index (χ0v) is 19.5. The van der Waals surface area contributed by atoms with Gasteiger partial charge in [-0.15, -0.1) is 0 Å². The molecule has 0 amide bonds. The first-order valence-corrected chi connectivity index (χ1v) is 11.6. The number of nitrogens with two attached hydrogens (primary N) is 1. The van der Waals surface area contributed by atoms with Gasteiger partial charge in [-0.2, -0.15) is 5.10 Å². The van der Waals surface area contributed by atoms with Gasteiger partial charge in [0.15, 0.2) is 0 Å². The number of halogens is 1. The van der Waals surface area contributed by atoms with E-state index in [-0.39, 0.29) is 12.0 Å². The van der Waals surface area contributed by atoms with Gasteiger partial charge in [0.25, 0.3) is 0 Å². The van der Waals surface area contributed by atoms with Gasteiger partial charge in [-0.25, -0.2) is 4.98 Å². The molecule has 0 spiro atoms. The van der Waals surface area contributed by atoms with Gasteiger partial charge in [0, 0.05) is 28.6 Å². The summed E-state index contributed by atoms with van der Waals surface area (Å²) in [7, 11) is 0. The molecule has 0 fully saturated rings. The topological polar surface area (TPSA) is 76.8 Å². The van der Waals surface area contributed by atoms with Crippen LogP contribution in [0, 0.1) is 6.92 Å². The molecule has 34 heavy (non-hydrogen) atoms. The van der Waals surface area contributed by atoms with Crippen LogP contribution in [0.5, 0.6) is 5.75 Å². The monoisotopic (exact) mass is 468 g/mol. The van der Waals surface area contributed by atoms with Gasteiger partial charge in [0.2, 0.25) is 0 Å². The van der Waals surface area contributed by atoms with Crippen molar-refractivity contribution in [3.63, 3.8) is 0 Å². The van der Waals surface area contributed by atoms with Crippen LogP contribution in [-0.2, 0) is 0 Å². The molecule has 0 saturated carbocycles. The van der Waals surface area contributed by atoms with Crippen molar-refractivity contribution in [2.45, 2.75) is 18.9 Å². The number of hydrogen-bond donors (Lipinski definition) is 2. The Hall–Kier alpha value is -3.67. The number of ether oxygens (including phenoxy) is 1. The molecule has 1 atom stereocenters. The van der Waals surface area contributed by atoms with Crippen molar-refractivity contribution >= 4 is 22.5 Å². The molecule has 2 heterocycles. The van der Waals surface area contributed by atoms with E-state index in [1.165, 1.54) is 0 Å². The summed E-state index contributed by atoms with van der Waals surface area (Å²) in [6, 6.07) is 28.3. The number of aromatic amines is 1. The van der Waals surface area contributed by atoms with E-state index in [0.717, 1.165) is 38.9 Å². The zero-order chi connectivity index (χ0) is 23.5. The summed E-state index contributed by atoms with van der Waals surface area (Å²) in [4.78, 5) is 4.36. The van der Waals surface area contributed by atoms with Gasteiger partial charge < -0.3 is 10.5 Å². The first kappa shape index (κ1) is 22.1. The fourth-order valence-electron chi connectivity index (χ4n) is 4.31. The first-order valence-electron chi connectivity index (χ1n) is 11.2. The number of hydrogen-bond acceptors (Lipinski definition) is 4. The van der Waals surface area contributed by atoms with Gasteiger partial charge >= 0.3 is 0 Å². The number of aromatic nitrogens is 3. The molecule has 0 bridgehead atoms. The first-order chi connectivity index (χ1) is 16.6. The molecule has 3 aromatic carbocycles. The number of nitrogens with zero attached hydrogens (tertiary/aromatic N) is 2. The van der Waals surface area contributed by atoms with Crippen LogP contribution in [-0.4, -0.2) is 27.8 Å². The molecule has 3 N–H and O–H groups in total. The van der Waals surface area contributed by atoms with Crippen LogP contribution < -0.4 is 10.5 Å². The minimum absolute atomic E-state index is 0.00797. The van der Waals surface area contributed by atoms with Crippen molar-refractivity contribution in [3.8, 4) is 16.9 Å². The second-order valence-corrected chi connectivity index (χ2v) is 8.72. The highest BCUT2D eigenvalue weighted by Gasteiger charge is 2.22. The van der Waals surface area contributed by atoms with Crippen LogP contribution in [0.1, 0.15) is 22.7 Å². The molecule has 5 nitrogen and oxygen atoms in total. The van der Waals surface area contributed by atoms with Crippen molar-refractivity contribution in [3.05, 3.63) is 113 Å². The average Bonchev–Trinajstić information content (AvgIpc) is 3.25. The highest BCUT2D eigenvalue weighted by molar-refractivity contribution is 6.32. The Labute approximate surface area is 203 Å². The molecular formula is C28H25ClN4O. The molecule has 0 aliphatic carbocycles. The quantitative estimate of drug-likeness (QED) is 0.282. The number of aryl methyl sites for hydroxylation is 1. The predicted molar refractivity (Wildman–Crippen MR) is 137 cm³/mol. The largest absolute Gasteiger partial charge is 0.490 e. The lowest BCUT2D eigenvalue weighted by Crippen LogP contribution is -2.35. The Morgan fingerprint density at radius 1 is 0.941 bits per heavy atom. The Morgan fingerprint density at radius 3 is 2.29 bits per heavy atom. The summed E-state index contributed by atoms with van der Waals surface area (Å²) in [5.41, 5.74) is 12.7. The number of nitrogens with one attached hydrogen (secondary N) is 1. The van der Waals surface area contributed by atoms with Gasteiger partial charge in [-0.05, 0) is 41.8 Å². The summed E-state index contributed by atoms with van der Waals surface area (Å²) in [5.74, 6) is 0.632. The summed E-state index contributed by atoms with van der Waals surface area (Å²) >= 11 is 6.45. The predicted octanol–water partition coefficient (Wildman–Crippen LogP) is 6.12. The third-order valence-electron chi connectivity index (χ3n) is 6.06. The number of fused-ring (bicyclic) bond motifs is 1. The fraction of sp³-hybridized carbons (Fsp3) is 0.143. The molecule has 170 valence electrons. The van der Waals surface area contributed by atoms with E-state index in [4.69, 9.17) is 22.1 Å². The normalized spacial score (nSPS) is 12.2. The highest BCUT2D eigenvalue weighted by Crippen LogP contribution is 2.33. The van der Waals surface area contributed by atoms with Crippen molar-refractivity contribution in [1.29, 1.82) is 0 Å². The van der Waals surface area contributed by atoms with E-state index in [2.05, 4.69) is 45.5 Å². The van der Waals surface area contributed by atoms with Crippen molar-refractivity contribution in [2.75, 3.05) is 6.61 Å². The van der Waals surface area contributed by atoms with Crippen LogP contribution in [0.4, 0.5) is 0 Å². The highest BCUT2D eigenvalue weighted by atomic mass is 35.5. The molecule has 0 saturated heterocycles. The Balaban J connectivity index is 1.39. The average molecular weight is 469 g/mol. The van der Waals surface area contributed by atoms with Crippen molar-refractivity contribution in [1.82, 2.24) is 15.2 Å². The standard InChI is InChI=1S/C28H25ClN4O/c1-18-23-14-21(12-13-26(23)33-32-18)24-15-22(16-31-28(24)29)34-17-25(30)27(19-8-4-2-5-9-19)20-10-6-3-7-11-20/h2-16,25,27H,17,30H2,1H3,(H,32,33)/t25-/m1/s1. The molecule has 0 radical (unpaired) electrons. The SMILES string of the molecule is Cc1[nH]nc2ccc(-c3cc(OC[C@@H](N)C(c4ccccc4)c4ccccc4)cnc3Cl)cc12. The Kier molecular flexibility index (Phi) is 6.30. The molecule has 0 aliphatic heterocycles. The van der Waals surface area contributed by atoms with Gasteiger partial charge in [-0.3, -0.25) is 5.10 Å². The third-order valence-corrected chi connectivity index (χ3v) is 6.36. The summed E-state index contributed by atoms with van der Waals surface area (Å²) in [6.07, 6.45) is 1.64. The number of H-pyrrole nitrogens is 1. The third kappa shape index (κ3) is 4.53. The maximum atomic E-state index is 6.69. The number of pyridine rings is 1. The lowest BCUT2D eigenvalue weighted by atomic mass is 9.86. The minimum Gasteiger partial charge on any atom is -0.490 e. The van der Waals surface area contributed by atoms with Gasteiger partial charge in [0.05, 0.1) is 11.7 Å². The van der Waals surface area contributed by atoms with E-state index in [0.29, 0.717) is 17.5 Å². The maximum Gasteiger partial charge on any atom is 0.138 e. The van der Waals surface area contributed by atoms with Crippen LogP contribution in [0.15, 0.2) is 91.1 Å². The van der Waals surface area contributed by atoms with Crippen LogP contribution >= 0.6 is 11.6 Å². The summed E-state index contributed by atoms with van der Waals surface area (Å²) in [6.45, 7) is 2.33. The minimum atomic E-state index is -0.256. The van der Waals surface area contributed by atoms with E-state index >= 15 is 0 Å². The fourth-order valence-corrected chi connectivity index (χ4v) is 4.52. The lowest BCUT2D eigenvalue weighted by Gasteiger charge is -2.25. The molecule has 5 rings (SSSR count). The second kappa shape index (κ2) is 9.67. The summed E-state index contributed by atoms with van der Waals surface area (Å²) < 4.78 is 6.14. The number of benzene rings is 3. The van der Waals surface area contributed by atoms with Crippen LogP contribution in [0.3, 0.4) is 0 Å².